The minimum atomic E-state index is -2.28. The maximum absolute atomic E-state index is 12.7. The minimum Gasteiger partial charge on any atom is -0.488 e. The van der Waals surface area contributed by atoms with Gasteiger partial charge in [0.1, 0.15) is 23.8 Å². The highest BCUT2D eigenvalue weighted by atomic mass is 19.3. The summed E-state index contributed by atoms with van der Waals surface area (Å²) in [6.07, 6.45) is 1.53. The molecule has 2 aromatic carbocycles. The van der Waals surface area contributed by atoms with Crippen LogP contribution in [-0.4, -0.2) is 85.2 Å². The molecule has 0 saturated carbocycles. The Morgan fingerprint density at radius 3 is 2.45 bits per heavy atom. The van der Waals surface area contributed by atoms with E-state index in [0.29, 0.717) is 13.1 Å². The van der Waals surface area contributed by atoms with E-state index >= 15 is 0 Å². The van der Waals surface area contributed by atoms with E-state index in [-0.39, 0.29) is 12.6 Å². The minimum absolute atomic E-state index is 0.148. The average Bonchev–Trinajstić information content (AvgIpc) is 3.43. The Bertz CT molecular complexity index is 1430. The molecule has 2 aromatic heterocycles. The summed E-state index contributed by atoms with van der Waals surface area (Å²) in [5, 5.41) is 7.61. The summed E-state index contributed by atoms with van der Waals surface area (Å²) in [6, 6.07) is 16.6. The van der Waals surface area contributed by atoms with Crippen LogP contribution in [0.4, 0.5) is 20.2 Å². The highest BCUT2D eigenvalue weighted by Crippen LogP contribution is 2.35. The van der Waals surface area contributed by atoms with Gasteiger partial charge in [-0.05, 0) is 67.9 Å². The number of hydrogen-bond donors (Lipinski definition) is 3. The van der Waals surface area contributed by atoms with Gasteiger partial charge in [-0.3, -0.25) is 4.90 Å². The number of hydrogen-bond acceptors (Lipinski definition) is 7. The number of piperidine rings is 1. The third kappa shape index (κ3) is 5.73. The van der Waals surface area contributed by atoms with E-state index in [4.69, 9.17) is 4.74 Å². The fraction of sp³-hybridized carbons (Fsp3) is 0.400. The van der Waals surface area contributed by atoms with Gasteiger partial charge in [0.2, 0.25) is 0 Å². The van der Waals surface area contributed by atoms with E-state index in [1.54, 1.807) is 6.33 Å². The zero-order valence-corrected chi connectivity index (χ0v) is 22.7. The summed E-state index contributed by atoms with van der Waals surface area (Å²) < 4.78 is 31.7. The predicted octanol–water partition coefficient (Wildman–Crippen LogP) is 4.85. The van der Waals surface area contributed by atoms with Crippen LogP contribution in [0.25, 0.3) is 33.5 Å². The number of rotatable bonds is 8. The lowest BCUT2D eigenvalue weighted by molar-refractivity contribution is 0.0854. The van der Waals surface area contributed by atoms with Crippen molar-refractivity contribution >= 4 is 22.4 Å². The van der Waals surface area contributed by atoms with Gasteiger partial charge in [-0.15, -0.1) is 0 Å². The number of piperazine rings is 1. The summed E-state index contributed by atoms with van der Waals surface area (Å²) in [5.74, 6) is 0.855. The Morgan fingerprint density at radius 1 is 0.975 bits per heavy atom. The molecule has 0 spiro atoms. The van der Waals surface area contributed by atoms with E-state index in [2.05, 4.69) is 72.9 Å². The van der Waals surface area contributed by atoms with Crippen LogP contribution in [0.3, 0.4) is 0 Å². The number of H-pyrrole nitrogens is 1. The summed E-state index contributed by atoms with van der Waals surface area (Å²) in [4.78, 5) is 16.7. The molecule has 0 bridgehead atoms. The predicted molar refractivity (Wildman–Crippen MR) is 155 cm³/mol. The fourth-order valence-electron chi connectivity index (χ4n) is 5.63. The van der Waals surface area contributed by atoms with Crippen LogP contribution in [0, 0.1) is 0 Å². The van der Waals surface area contributed by atoms with Crippen molar-refractivity contribution in [1.29, 1.82) is 0 Å². The van der Waals surface area contributed by atoms with E-state index in [0.717, 1.165) is 89.7 Å². The highest BCUT2D eigenvalue weighted by molar-refractivity contribution is 5.95. The normalized spacial score (nSPS) is 17.1. The zero-order valence-electron chi connectivity index (χ0n) is 22.7. The number of benzene rings is 2. The molecule has 4 aromatic rings. The Morgan fingerprint density at radius 2 is 1.73 bits per heavy atom. The molecule has 3 N–H and O–H groups in total. The number of halogens is 2. The van der Waals surface area contributed by atoms with E-state index in [9.17, 15) is 8.78 Å². The van der Waals surface area contributed by atoms with E-state index in [1.807, 2.05) is 18.0 Å². The summed E-state index contributed by atoms with van der Waals surface area (Å²) in [7, 11) is 1.91. The fourth-order valence-corrected chi connectivity index (χ4v) is 5.63. The monoisotopic (exact) mass is 547 g/mol. The second-order valence-electron chi connectivity index (χ2n) is 10.4. The second kappa shape index (κ2) is 11.8. The van der Waals surface area contributed by atoms with Crippen molar-refractivity contribution in [2.75, 3.05) is 63.1 Å². The molecule has 0 radical (unpaired) electrons. The molecule has 4 heterocycles. The maximum Gasteiger partial charge on any atom is 0.251 e. The van der Waals surface area contributed by atoms with Gasteiger partial charge in [-0.1, -0.05) is 12.1 Å². The lowest BCUT2D eigenvalue weighted by atomic mass is 10.1. The van der Waals surface area contributed by atoms with E-state index in [1.165, 1.54) is 0 Å². The number of ether oxygens (including phenoxy) is 1. The number of fused-ring (bicyclic) bond motifs is 1. The molecular weight excluding hydrogens is 512 g/mol. The van der Waals surface area contributed by atoms with Gasteiger partial charge in [-0.25, -0.2) is 18.7 Å². The summed E-state index contributed by atoms with van der Waals surface area (Å²) in [5.41, 5.74) is 6.67. The van der Waals surface area contributed by atoms with Crippen molar-refractivity contribution in [1.82, 2.24) is 25.2 Å². The first-order chi connectivity index (χ1) is 19.6. The number of aromatic nitrogens is 3. The van der Waals surface area contributed by atoms with Gasteiger partial charge in [0, 0.05) is 55.6 Å². The first-order valence-electron chi connectivity index (χ1n) is 14.0. The molecule has 2 saturated heterocycles. The molecule has 40 heavy (non-hydrogen) atoms. The number of alkyl halides is 2. The van der Waals surface area contributed by atoms with Gasteiger partial charge >= 0.3 is 0 Å². The largest absolute Gasteiger partial charge is 0.488 e. The third-order valence-electron chi connectivity index (χ3n) is 7.84. The van der Waals surface area contributed by atoms with Crippen molar-refractivity contribution in [2.45, 2.75) is 25.4 Å². The van der Waals surface area contributed by atoms with Gasteiger partial charge in [0.25, 0.3) is 6.43 Å². The van der Waals surface area contributed by atoms with Crippen LogP contribution >= 0.6 is 0 Å². The van der Waals surface area contributed by atoms with Gasteiger partial charge in [0.15, 0.2) is 0 Å². The molecule has 2 aliphatic heterocycles. The van der Waals surface area contributed by atoms with Crippen LogP contribution < -0.4 is 20.3 Å². The van der Waals surface area contributed by atoms with Crippen molar-refractivity contribution in [3.05, 3.63) is 54.9 Å². The zero-order chi connectivity index (χ0) is 27.5. The number of nitrogens with one attached hydrogen (secondary N) is 3. The van der Waals surface area contributed by atoms with Crippen LogP contribution in [0.2, 0.25) is 0 Å². The summed E-state index contributed by atoms with van der Waals surface area (Å²) in [6.45, 7) is 4.60. The standard InChI is InChI=1S/C30H35F2N7O/c1-33-26-16-21(4-7-27(26)40-23-8-10-34-11-9-23)29-24-17-25(37-30(24)36-19-35-29)20-2-5-22(6-3-20)39-14-12-38(13-15-39)18-28(31)32/h2-7,16-17,19,23,28,33-34H,8-15,18H2,1H3,(H,35,36,37). The van der Waals surface area contributed by atoms with Crippen LogP contribution in [0.5, 0.6) is 5.75 Å². The lowest BCUT2D eigenvalue weighted by Crippen LogP contribution is -2.47. The topological polar surface area (TPSA) is 81.3 Å². The quantitative estimate of drug-likeness (QED) is 0.291. The molecule has 8 nitrogen and oxygen atoms in total. The molecule has 210 valence electrons. The first-order valence-corrected chi connectivity index (χ1v) is 14.0. The van der Waals surface area contributed by atoms with Crippen LogP contribution in [0.1, 0.15) is 12.8 Å². The second-order valence-corrected chi connectivity index (χ2v) is 10.4. The SMILES string of the molecule is CNc1cc(-c2ncnc3[nH]c(-c4ccc(N5CCN(CC(F)F)CC5)cc4)cc23)ccc1OC1CCNCC1. The Labute approximate surface area is 232 Å². The smallest absolute Gasteiger partial charge is 0.251 e. The lowest BCUT2D eigenvalue weighted by Gasteiger charge is -2.35. The van der Waals surface area contributed by atoms with Gasteiger partial charge in [0.05, 0.1) is 17.9 Å². The number of anilines is 2. The van der Waals surface area contributed by atoms with Gasteiger partial charge in [-0.2, -0.15) is 0 Å². The van der Waals surface area contributed by atoms with Crippen LogP contribution in [0.15, 0.2) is 54.9 Å². The highest BCUT2D eigenvalue weighted by Gasteiger charge is 2.21. The molecule has 0 aliphatic carbocycles. The number of nitrogens with zero attached hydrogens (tertiary/aromatic N) is 4. The molecule has 2 fully saturated rings. The molecule has 0 unspecified atom stereocenters. The molecule has 0 amide bonds. The molecule has 6 rings (SSSR count). The van der Waals surface area contributed by atoms with Crippen molar-refractivity contribution in [2.24, 2.45) is 0 Å². The first kappa shape index (κ1) is 26.5. The van der Waals surface area contributed by atoms with Crippen LogP contribution in [-0.2, 0) is 0 Å². The number of aromatic amines is 1. The third-order valence-corrected chi connectivity index (χ3v) is 7.84. The van der Waals surface area contributed by atoms with Crippen molar-refractivity contribution in [3.8, 4) is 28.3 Å². The van der Waals surface area contributed by atoms with Crippen molar-refractivity contribution in [3.63, 3.8) is 0 Å². The molecule has 2 aliphatic rings. The molecule has 0 atom stereocenters. The Kier molecular flexibility index (Phi) is 7.79. The Hall–Kier alpha value is -3.76. The Balaban J connectivity index is 1.20. The molecular formula is C30H35F2N7O. The van der Waals surface area contributed by atoms with Gasteiger partial charge < -0.3 is 25.3 Å². The van der Waals surface area contributed by atoms with E-state index < -0.39 is 6.43 Å². The molecule has 10 heteroatoms. The van der Waals surface area contributed by atoms with Crippen molar-refractivity contribution < 1.29 is 13.5 Å². The average molecular weight is 548 g/mol. The maximum atomic E-state index is 12.7. The summed E-state index contributed by atoms with van der Waals surface area (Å²) >= 11 is 0.